The van der Waals surface area contributed by atoms with E-state index in [1.165, 1.54) is 11.2 Å². The van der Waals surface area contributed by atoms with Crippen LogP contribution in [0, 0.1) is 0 Å². The monoisotopic (exact) mass is 356 g/mol. The Morgan fingerprint density at radius 3 is 2.21 bits per heavy atom. The maximum atomic E-state index is 12.0. The lowest BCUT2D eigenvalue weighted by atomic mass is 10.2. The summed E-state index contributed by atoms with van der Waals surface area (Å²) in [5.74, 6) is -0.205. The van der Waals surface area contributed by atoms with Crippen LogP contribution in [0.1, 0.15) is 20.8 Å². The van der Waals surface area contributed by atoms with Gasteiger partial charge in [-0.3, -0.25) is 9.10 Å². The second kappa shape index (κ2) is 8.53. The Kier molecular flexibility index (Phi) is 7.02. The molecule has 3 amide bonds. The van der Waals surface area contributed by atoms with Crippen LogP contribution < -0.4 is 20.3 Å². The fourth-order valence-corrected chi connectivity index (χ4v) is 2.91. The first-order valence-electron chi connectivity index (χ1n) is 7.49. The number of hydrogen-bond acceptors (Lipinski definition) is 4. The molecule has 24 heavy (non-hydrogen) atoms. The molecule has 1 aromatic carbocycles. The predicted octanol–water partition coefficient (Wildman–Crippen LogP) is 1.12. The Labute approximate surface area is 142 Å². The number of anilines is 2. The molecule has 0 saturated carbocycles. The minimum Gasteiger partial charge on any atom is -0.336 e. The molecule has 0 aliphatic carbocycles. The average Bonchev–Trinajstić information content (AvgIpc) is 2.42. The second-order valence-corrected chi connectivity index (χ2v) is 7.52. The van der Waals surface area contributed by atoms with Gasteiger partial charge in [0, 0.05) is 25.2 Å². The molecule has 0 fully saturated rings. The molecule has 0 atom stereocenters. The number of amides is 3. The van der Waals surface area contributed by atoms with Crippen LogP contribution in [0.15, 0.2) is 24.3 Å². The molecule has 3 N–H and O–H groups in total. The van der Waals surface area contributed by atoms with Crippen molar-refractivity contribution in [3.8, 4) is 0 Å². The van der Waals surface area contributed by atoms with E-state index in [0.29, 0.717) is 11.4 Å². The van der Waals surface area contributed by atoms with Crippen molar-refractivity contribution in [2.45, 2.75) is 26.8 Å². The van der Waals surface area contributed by atoms with Gasteiger partial charge in [0.25, 0.3) is 0 Å². The number of hydrogen-bond donors (Lipinski definition) is 3. The summed E-state index contributed by atoms with van der Waals surface area (Å²) in [5, 5.41) is 7.89. The molecular formula is C15H24N4O4S. The van der Waals surface area contributed by atoms with Crippen molar-refractivity contribution in [1.82, 2.24) is 10.6 Å². The van der Waals surface area contributed by atoms with E-state index in [0.717, 1.165) is 6.26 Å². The second-order valence-electron chi connectivity index (χ2n) is 5.62. The maximum absolute atomic E-state index is 12.0. The lowest BCUT2D eigenvalue weighted by Crippen LogP contribution is -2.43. The van der Waals surface area contributed by atoms with E-state index in [9.17, 15) is 18.0 Å². The number of sulfonamides is 1. The smallest absolute Gasteiger partial charge is 0.315 e. The quantitative estimate of drug-likeness (QED) is 0.680. The fourth-order valence-electron chi connectivity index (χ4n) is 1.98. The summed E-state index contributed by atoms with van der Waals surface area (Å²) in [6.45, 7) is 5.32. The summed E-state index contributed by atoms with van der Waals surface area (Å²) in [7, 11) is -3.50. The first-order valence-corrected chi connectivity index (χ1v) is 9.34. The van der Waals surface area contributed by atoms with E-state index in [1.807, 2.05) is 13.8 Å². The number of carbonyl (C=O) groups excluding carboxylic acids is 2. The SMILES string of the molecule is CC(=O)Nc1ccc(N(CCNC(=O)NC(C)C)S(C)(=O)=O)cc1. The molecule has 0 heterocycles. The normalized spacial score (nSPS) is 11.0. The minimum absolute atomic E-state index is 0.00247. The topological polar surface area (TPSA) is 108 Å². The van der Waals surface area contributed by atoms with E-state index in [-0.39, 0.29) is 31.1 Å². The van der Waals surface area contributed by atoms with E-state index >= 15 is 0 Å². The van der Waals surface area contributed by atoms with Gasteiger partial charge in [-0.05, 0) is 38.1 Å². The van der Waals surface area contributed by atoms with Gasteiger partial charge in [-0.2, -0.15) is 0 Å². The maximum Gasteiger partial charge on any atom is 0.315 e. The highest BCUT2D eigenvalue weighted by Crippen LogP contribution is 2.20. The van der Waals surface area contributed by atoms with Gasteiger partial charge in [0.15, 0.2) is 0 Å². The lowest BCUT2D eigenvalue weighted by molar-refractivity contribution is -0.114. The molecule has 134 valence electrons. The van der Waals surface area contributed by atoms with E-state index < -0.39 is 10.0 Å². The van der Waals surface area contributed by atoms with Gasteiger partial charge in [0.1, 0.15) is 0 Å². The lowest BCUT2D eigenvalue weighted by Gasteiger charge is -2.23. The van der Waals surface area contributed by atoms with Gasteiger partial charge < -0.3 is 16.0 Å². The largest absolute Gasteiger partial charge is 0.336 e. The number of nitrogens with one attached hydrogen (secondary N) is 3. The fraction of sp³-hybridized carbons (Fsp3) is 0.467. The van der Waals surface area contributed by atoms with Gasteiger partial charge in [-0.25, -0.2) is 13.2 Å². The zero-order valence-electron chi connectivity index (χ0n) is 14.3. The first kappa shape index (κ1) is 19.8. The molecule has 0 aliphatic rings. The number of rotatable bonds is 7. The van der Waals surface area contributed by atoms with Gasteiger partial charge in [-0.1, -0.05) is 0 Å². The highest BCUT2D eigenvalue weighted by Gasteiger charge is 2.17. The van der Waals surface area contributed by atoms with Crippen LogP contribution in [0.25, 0.3) is 0 Å². The highest BCUT2D eigenvalue weighted by molar-refractivity contribution is 7.92. The highest BCUT2D eigenvalue weighted by atomic mass is 32.2. The van der Waals surface area contributed by atoms with E-state index in [1.54, 1.807) is 24.3 Å². The van der Waals surface area contributed by atoms with Crippen LogP contribution in [0.4, 0.5) is 16.2 Å². The zero-order valence-corrected chi connectivity index (χ0v) is 15.1. The van der Waals surface area contributed by atoms with Crippen molar-refractivity contribution in [3.05, 3.63) is 24.3 Å². The molecule has 0 unspecified atom stereocenters. The summed E-state index contributed by atoms with van der Waals surface area (Å²) in [6, 6.07) is 6.08. The Bertz CT molecular complexity index is 671. The molecule has 0 aliphatic heterocycles. The Morgan fingerprint density at radius 2 is 1.75 bits per heavy atom. The van der Waals surface area contributed by atoms with Crippen molar-refractivity contribution < 1.29 is 18.0 Å². The molecule has 1 rings (SSSR count). The molecule has 0 saturated heterocycles. The minimum atomic E-state index is -3.50. The average molecular weight is 356 g/mol. The van der Waals surface area contributed by atoms with Crippen molar-refractivity contribution in [2.75, 3.05) is 29.0 Å². The van der Waals surface area contributed by atoms with Gasteiger partial charge in [0.2, 0.25) is 15.9 Å². The van der Waals surface area contributed by atoms with Crippen molar-refractivity contribution in [2.24, 2.45) is 0 Å². The van der Waals surface area contributed by atoms with Gasteiger partial charge in [-0.15, -0.1) is 0 Å². The number of nitrogens with zero attached hydrogens (tertiary/aromatic N) is 1. The third-order valence-corrected chi connectivity index (χ3v) is 4.09. The molecule has 0 aromatic heterocycles. The molecule has 1 aromatic rings. The van der Waals surface area contributed by atoms with Gasteiger partial charge in [0.05, 0.1) is 18.5 Å². The molecule has 0 bridgehead atoms. The van der Waals surface area contributed by atoms with E-state index in [4.69, 9.17) is 0 Å². The first-order chi connectivity index (χ1) is 11.1. The Morgan fingerprint density at radius 1 is 1.17 bits per heavy atom. The van der Waals surface area contributed by atoms with Crippen molar-refractivity contribution in [3.63, 3.8) is 0 Å². The number of urea groups is 1. The van der Waals surface area contributed by atoms with Crippen LogP contribution >= 0.6 is 0 Å². The Balaban J connectivity index is 2.76. The standard InChI is InChI=1S/C15H24N4O4S/c1-11(2)17-15(21)16-9-10-19(24(4,22)23)14-7-5-13(6-8-14)18-12(3)20/h5-8,11H,9-10H2,1-4H3,(H,18,20)(H2,16,17,21). The molecule has 9 heteroatoms. The summed E-state index contributed by atoms with van der Waals surface area (Å²) in [4.78, 5) is 22.5. The Hall–Kier alpha value is -2.29. The van der Waals surface area contributed by atoms with Crippen molar-refractivity contribution in [1.29, 1.82) is 0 Å². The van der Waals surface area contributed by atoms with Crippen LogP contribution in [0.5, 0.6) is 0 Å². The van der Waals surface area contributed by atoms with Crippen LogP contribution in [0.3, 0.4) is 0 Å². The summed E-state index contributed by atoms with van der Waals surface area (Å²) in [5.41, 5.74) is 1.03. The predicted molar refractivity (Wildman–Crippen MR) is 94.6 cm³/mol. The summed E-state index contributed by atoms with van der Waals surface area (Å²) >= 11 is 0. The third kappa shape index (κ3) is 6.86. The van der Waals surface area contributed by atoms with Crippen LogP contribution in [-0.4, -0.2) is 45.7 Å². The van der Waals surface area contributed by atoms with Gasteiger partial charge >= 0.3 is 6.03 Å². The summed E-state index contributed by atoms with van der Waals surface area (Å²) in [6.07, 6.45) is 1.10. The zero-order chi connectivity index (χ0) is 18.3. The summed E-state index contributed by atoms with van der Waals surface area (Å²) < 4.78 is 25.1. The molecule has 0 radical (unpaired) electrons. The van der Waals surface area contributed by atoms with Crippen LogP contribution in [-0.2, 0) is 14.8 Å². The molecule has 8 nitrogen and oxygen atoms in total. The number of carbonyl (C=O) groups is 2. The third-order valence-electron chi connectivity index (χ3n) is 2.90. The van der Waals surface area contributed by atoms with E-state index in [2.05, 4.69) is 16.0 Å². The molecule has 0 spiro atoms. The molecular weight excluding hydrogens is 332 g/mol. The van der Waals surface area contributed by atoms with Crippen LogP contribution in [0.2, 0.25) is 0 Å². The van der Waals surface area contributed by atoms with Crippen molar-refractivity contribution >= 4 is 33.3 Å². The number of benzene rings is 1.